The van der Waals surface area contributed by atoms with Gasteiger partial charge in [-0.2, -0.15) is 0 Å². The molecule has 0 spiro atoms. The average molecular weight is 525 g/mol. The van der Waals surface area contributed by atoms with Gasteiger partial charge in [0, 0.05) is 46.0 Å². The number of methoxy groups -OCH3 is 1. The number of benzene rings is 1. The van der Waals surface area contributed by atoms with Crippen molar-refractivity contribution in [3.05, 3.63) is 54.2 Å². The molecule has 0 radical (unpaired) electrons. The number of rotatable bonds is 8. The van der Waals surface area contributed by atoms with Gasteiger partial charge in [0.25, 0.3) is 0 Å². The largest absolute Gasteiger partial charge is 0.491 e. The minimum atomic E-state index is 0. The van der Waals surface area contributed by atoms with Crippen LogP contribution < -0.4 is 15.0 Å². The number of aliphatic imine (C=N–C) groups is 1. The van der Waals surface area contributed by atoms with Crippen molar-refractivity contribution in [1.82, 2.24) is 15.2 Å². The lowest BCUT2D eigenvalue weighted by atomic mass is 10.2. The molecule has 1 saturated heterocycles. The summed E-state index contributed by atoms with van der Waals surface area (Å²) in [6, 6.07) is 14.2. The van der Waals surface area contributed by atoms with Gasteiger partial charge in [0.2, 0.25) is 0 Å². The number of hydrogen-bond acceptors (Lipinski definition) is 5. The van der Waals surface area contributed by atoms with Gasteiger partial charge in [-0.3, -0.25) is 0 Å². The van der Waals surface area contributed by atoms with Crippen molar-refractivity contribution >= 4 is 35.8 Å². The molecular weight excluding hydrogens is 493 g/mol. The molecule has 1 aliphatic heterocycles. The maximum absolute atomic E-state index is 5.62. The van der Waals surface area contributed by atoms with E-state index >= 15 is 0 Å². The summed E-state index contributed by atoms with van der Waals surface area (Å²) in [7, 11) is 1.67. The monoisotopic (exact) mass is 525 g/mol. The second-order valence-electron chi connectivity index (χ2n) is 6.82. The number of anilines is 1. The van der Waals surface area contributed by atoms with E-state index in [-0.39, 0.29) is 24.0 Å². The van der Waals surface area contributed by atoms with Crippen LogP contribution in [0.4, 0.5) is 5.82 Å². The van der Waals surface area contributed by atoms with Gasteiger partial charge >= 0.3 is 0 Å². The van der Waals surface area contributed by atoms with Gasteiger partial charge in [0.05, 0.1) is 13.2 Å². The fraction of sp³-hybridized carbons (Fsp3) is 0.455. The summed E-state index contributed by atoms with van der Waals surface area (Å²) in [4.78, 5) is 14.0. The summed E-state index contributed by atoms with van der Waals surface area (Å²) in [5.41, 5.74) is 1.16. The minimum absolute atomic E-state index is 0. The Balaban J connectivity index is 0.00000320. The maximum Gasteiger partial charge on any atom is 0.194 e. The lowest BCUT2D eigenvalue weighted by Gasteiger charge is -2.37. The Hall–Kier alpha value is -2.07. The highest BCUT2D eigenvalue weighted by Gasteiger charge is 2.20. The van der Waals surface area contributed by atoms with Crippen LogP contribution in [0, 0.1) is 0 Å². The number of pyridine rings is 1. The van der Waals surface area contributed by atoms with E-state index in [9.17, 15) is 0 Å². The van der Waals surface area contributed by atoms with Gasteiger partial charge in [0.15, 0.2) is 5.96 Å². The van der Waals surface area contributed by atoms with Crippen molar-refractivity contribution in [1.29, 1.82) is 0 Å². The molecule has 2 aromatic rings. The minimum Gasteiger partial charge on any atom is -0.491 e. The Morgan fingerprint density at radius 3 is 2.47 bits per heavy atom. The molecule has 3 rings (SSSR count). The summed E-state index contributed by atoms with van der Waals surface area (Å²) in [5, 5.41) is 3.43. The standard InChI is InChI=1S/C22H31N5O2.HI/c1-3-23-22(25-18-19-7-9-20(10-8-19)29-17-16-28-2)27-14-12-26(13-15-27)21-6-4-5-11-24-21;/h4-11H,3,12-18H2,1-2H3,(H,23,25);1H. The van der Waals surface area contributed by atoms with Crippen LogP contribution in [0.15, 0.2) is 53.7 Å². The Bertz CT molecular complexity index is 750. The van der Waals surface area contributed by atoms with Crippen LogP contribution in [-0.4, -0.2) is 68.9 Å². The van der Waals surface area contributed by atoms with Crippen molar-refractivity contribution in [2.75, 3.05) is 57.9 Å². The smallest absolute Gasteiger partial charge is 0.194 e. The molecule has 0 bridgehead atoms. The van der Waals surface area contributed by atoms with Crippen molar-refractivity contribution in [2.45, 2.75) is 13.5 Å². The molecule has 1 N–H and O–H groups in total. The van der Waals surface area contributed by atoms with Crippen LogP contribution >= 0.6 is 24.0 Å². The fourth-order valence-electron chi connectivity index (χ4n) is 3.21. The van der Waals surface area contributed by atoms with Crippen molar-refractivity contribution in [2.24, 2.45) is 4.99 Å². The molecule has 8 heteroatoms. The van der Waals surface area contributed by atoms with E-state index in [1.54, 1.807) is 7.11 Å². The van der Waals surface area contributed by atoms with E-state index < -0.39 is 0 Å². The molecule has 0 amide bonds. The molecular formula is C22H32IN5O2. The molecule has 1 aromatic heterocycles. The van der Waals surface area contributed by atoms with E-state index in [4.69, 9.17) is 14.5 Å². The number of nitrogens with one attached hydrogen (secondary N) is 1. The average Bonchev–Trinajstić information content (AvgIpc) is 2.78. The normalized spacial score (nSPS) is 14.3. The number of ether oxygens (including phenoxy) is 2. The molecule has 30 heavy (non-hydrogen) atoms. The Morgan fingerprint density at radius 1 is 1.07 bits per heavy atom. The lowest BCUT2D eigenvalue weighted by molar-refractivity contribution is 0.146. The van der Waals surface area contributed by atoms with Crippen molar-refractivity contribution < 1.29 is 9.47 Å². The zero-order valence-electron chi connectivity index (χ0n) is 17.8. The third-order valence-electron chi connectivity index (χ3n) is 4.78. The maximum atomic E-state index is 5.62. The summed E-state index contributed by atoms with van der Waals surface area (Å²) in [5.74, 6) is 2.86. The third-order valence-corrected chi connectivity index (χ3v) is 4.78. The van der Waals surface area contributed by atoms with Gasteiger partial charge < -0.3 is 24.6 Å². The van der Waals surface area contributed by atoms with E-state index in [0.29, 0.717) is 19.8 Å². The van der Waals surface area contributed by atoms with E-state index in [1.807, 2.05) is 30.5 Å². The molecule has 1 aromatic carbocycles. The first-order valence-electron chi connectivity index (χ1n) is 10.2. The first-order valence-corrected chi connectivity index (χ1v) is 10.2. The first kappa shape index (κ1) is 24.2. The Morgan fingerprint density at radius 2 is 1.83 bits per heavy atom. The van der Waals surface area contributed by atoms with Crippen LogP contribution in [-0.2, 0) is 11.3 Å². The quantitative estimate of drug-likeness (QED) is 0.248. The van der Waals surface area contributed by atoms with Gasteiger partial charge in [-0.25, -0.2) is 9.98 Å². The number of hydrogen-bond donors (Lipinski definition) is 1. The van der Waals surface area contributed by atoms with Gasteiger partial charge in [-0.05, 0) is 36.8 Å². The van der Waals surface area contributed by atoms with Crippen LogP contribution in [0.1, 0.15) is 12.5 Å². The van der Waals surface area contributed by atoms with Crippen LogP contribution in [0.25, 0.3) is 0 Å². The van der Waals surface area contributed by atoms with E-state index in [0.717, 1.165) is 55.8 Å². The molecule has 2 heterocycles. The summed E-state index contributed by atoms with van der Waals surface area (Å²) >= 11 is 0. The number of nitrogens with zero attached hydrogens (tertiary/aromatic N) is 4. The second-order valence-corrected chi connectivity index (χ2v) is 6.82. The first-order chi connectivity index (χ1) is 14.3. The number of piperazine rings is 1. The highest BCUT2D eigenvalue weighted by molar-refractivity contribution is 14.0. The van der Waals surface area contributed by atoms with Gasteiger partial charge in [0.1, 0.15) is 18.2 Å². The van der Waals surface area contributed by atoms with Crippen molar-refractivity contribution in [3.8, 4) is 5.75 Å². The molecule has 164 valence electrons. The molecule has 0 unspecified atom stereocenters. The lowest BCUT2D eigenvalue weighted by Crippen LogP contribution is -2.52. The Labute approximate surface area is 196 Å². The van der Waals surface area contributed by atoms with E-state index in [1.165, 1.54) is 0 Å². The second kappa shape index (κ2) is 13.3. The molecule has 1 aliphatic rings. The third kappa shape index (κ3) is 7.32. The number of halogens is 1. The highest BCUT2D eigenvalue weighted by Crippen LogP contribution is 2.14. The topological polar surface area (TPSA) is 62.2 Å². The number of guanidine groups is 1. The summed E-state index contributed by atoms with van der Waals surface area (Å²) in [6.45, 7) is 8.47. The number of aromatic nitrogens is 1. The molecule has 1 fully saturated rings. The summed E-state index contributed by atoms with van der Waals surface area (Å²) < 4.78 is 10.6. The van der Waals surface area contributed by atoms with Crippen LogP contribution in [0.5, 0.6) is 5.75 Å². The molecule has 7 nitrogen and oxygen atoms in total. The van der Waals surface area contributed by atoms with E-state index in [2.05, 4.69) is 45.2 Å². The zero-order valence-corrected chi connectivity index (χ0v) is 20.1. The van der Waals surface area contributed by atoms with Crippen molar-refractivity contribution in [3.63, 3.8) is 0 Å². The molecule has 0 saturated carbocycles. The molecule has 0 aliphatic carbocycles. The van der Waals surface area contributed by atoms with Crippen LogP contribution in [0.2, 0.25) is 0 Å². The fourth-order valence-corrected chi connectivity index (χ4v) is 3.21. The van der Waals surface area contributed by atoms with Crippen LogP contribution in [0.3, 0.4) is 0 Å². The predicted molar refractivity (Wildman–Crippen MR) is 132 cm³/mol. The predicted octanol–water partition coefficient (Wildman–Crippen LogP) is 3.01. The van der Waals surface area contributed by atoms with Gasteiger partial charge in [-0.1, -0.05) is 18.2 Å². The summed E-state index contributed by atoms with van der Waals surface area (Å²) in [6.07, 6.45) is 1.85. The Kier molecular flexibility index (Phi) is 10.7. The SMILES string of the molecule is CCNC(=NCc1ccc(OCCOC)cc1)N1CCN(c2ccccn2)CC1.I. The highest BCUT2D eigenvalue weighted by atomic mass is 127. The molecule has 0 atom stereocenters. The zero-order chi connectivity index (χ0) is 20.3. The van der Waals surface area contributed by atoms with Gasteiger partial charge in [-0.15, -0.1) is 24.0 Å².